The fraction of sp³-hybridized carbons (Fsp3) is 0.429. The summed E-state index contributed by atoms with van der Waals surface area (Å²) in [5.74, 6) is -0.517. The summed E-state index contributed by atoms with van der Waals surface area (Å²) >= 11 is 1.42. The van der Waals surface area contributed by atoms with Gasteiger partial charge in [-0.25, -0.2) is 4.79 Å². The normalized spacial score (nSPS) is 12.2. The topological polar surface area (TPSA) is 66.4 Å². The number of hydrogen-bond donors (Lipinski definition) is 2. The van der Waals surface area contributed by atoms with Gasteiger partial charge in [0, 0.05) is 11.4 Å². The van der Waals surface area contributed by atoms with Crippen LogP contribution in [0.25, 0.3) is 0 Å². The molecule has 19 heavy (non-hydrogen) atoms. The van der Waals surface area contributed by atoms with E-state index in [0.717, 1.165) is 4.90 Å². The van der Waals surface area contributed by atoms with Crippen molar-refractivity contribution in [2.45, 2.75) is 30.9 Å². The third-order valence-electron chi connectivity index (χ3n) is 2.47. The Hall–Kier alpha value is -1.49. The molecular weight excluding hydrogens is 262 g/mol. The van der Waals surface area contributed by atoms with E-state index in [1.54, 1.807) is 24.3 Å². The molecule has 0 saturated carbocycles. The maximum atomic E-state index is 11.8. The first kappa shape index (κ1) is 15.6. The van der Waals surface area contributed by atoms with Crippen molar-refractivity contribution in [2.24, 2.45) is 5.92 Å². The second kappa shape index (κ2) is 7.19. The number of nitrogens with one attached hydrogen (secondary N) is 1. The molecule has 0 saturated heterocycles. The molecule has 0 aliphatic heterocycles. The van der Waals surface area contributed by atoms with Crippen LogP contribution < -0.4 is 5.32 Å². The summed E-state index contributed by atoms with van der Waals surface area (Å²) in [4.78, 5) is 23.4. The molecule has 104 valence electrons. The monoisotopic (exact) mass is 281 g/mol. The largest absolute Gasteiger partial charge is 0.478 e. The summed E-state index contributed by atoms with van der Waals surface area (Å²) in [5, 5.41) is 11.5. The Morgan fingerprint density at radius 3 is 2.26 bits per heavy atom. The van der Waals surface area contributed by atoms with Gasteiger partial charge in [-0.15, -0.1) is 11.8 Å². The molecule has 1 unspecified atom stereocenters. The van der Waals surface area contributed by atoms with E-state index < -0.39 is 5.97 Å². The van der Waals surface area contributed by atoms with Crippen LogP contribution in [0.15, 0.2) is 29.2 Å². The lowest BCUT2D eigenvalue weighted by atomic mass is 10.2. The fourth-order valence-corrected chi connectivity index (χ4v) is 2.27. The smallest absolute Gasteiger partial charge is 0.335 e. The molecular formula is C14H19NO3S. The van der Waals surface area contributed by atoms with Crippen LogP contribution in [0, 0.1) is 5.92 Å². The van der Waals surface area contributed by atoms with Crippen molar-refractivity contribution in [3.63, 3.8) is 0 Å². The van der Waals surface area contributed by atoms with E-state index in [0.29, 0.717) is 12.5 Å². The van der Waals surface area contributed by atoms with E-state index in [4.69, 9.17) is 5.11 Å². The molecule has 1 rings (SSSR count). The Balaban J connectivity index is 2.54. The number of carboxylic acid groups (broad SMARTS) is 1. The average Bonchev–Trinajstić information content (AvgIpc) is 2.36. The molecule has 1 aromatic rings. The van der Waals surface area contributed by atoms with Crippen molar-refractivity contribution in [1.82, 2.24) is 5.32 Å². The van der Waals surface area contributed by atoms with Gasteiger partial charge in [0.15, 0.2) is 0 Å². The van der Waals surface area contributed by atoms with Gasteiger partial charge in [0.1, 0.15) is 0 Å². The van der Waals surface area contributed by atoms with Crippen molar-refractivity contribution in [3.05, 3.63) is 29.8 Å². The zero-order valence-corrected chi connectivity index (χ0v) is 12.2. The minimum atomic E-state index is -0.945. The maximum absolute atomic E-state index is 11.8. The summed E-state index contributed by atoms with van der Waals surface area (Å²) < 4.78 is 0. The minimum Gasteiger partial charge on any atom is -0.478 e. The zero-order chi connectivity index (χ0) is 14.4. The van der Waals surface area contributed by atoms with Gasteiger partial charge < -0.3 is 10.4 Å². The summed E-state index contributed by atoms with van der Waals surface area (Å²) in [7, 11) is 0. The Morgan fingerprint density at radius 2 is 1.79 bits per heavy atom. The summed E-state index contributed by atoms with van der Waals surface area (Å²) in [5.41, 5.74) is 0.251. The minimum absolute atomic E-state index is 0.000936. The van der Waals surface area contributed by atoms with E-state index >= 15 is 0 Å². The van der Waals surface area contributed by atoms with Crippen LogP contribution >= 0.6 is 11.8 Å². The Bertz CT molecular complexity index is 443. The van der Waals surface area contributed by atoms with Crippen LogP contribution in [-0.2, 0) is 4.79 Å². The first-order valence-electron chi connectivity index (χ1n) is 6.18. The van der Waals surface area contributed by atoms with Crippen molar-refractivity contribution in [2.75, 3.05) is 6.54 Å². The van der Waals surface area contributed by atoms with E-state index in [2.05, 4.69) is 5.32 Å². The van der Waals surface area contributed by atoms with Gasteiger partial charge >= 0.3 is 5.97 Å². The standard InChI is InChI=1S/C14H19NO3S/c1-9(2)8-15-13(16)10(3)19-12-6-4-11(5-7-12)14(17)18/h4-7,9-10H,8H2,1-3H3,(H,15,16)(H,17,18). The summed E-state index contributed by atoms with van der Waals surface area (Å²) in [6.07, 6.45) is 0. The molecule has 1 amide bonds. The predicted molar refractivity (Wildman–Crippen MR) is 76.6 cm³/mol. The Kier molecular flexibility index (Phi) is 5.89. The molecule has 0 heterocycles. The number of carbonyl (C=O) groups is 2. The number of aromatic carboxylic acids is 1. The van der Waals surface area contributed by atoms with Gasteiger partial charge in [-0.2, -0.15) is 0 Å². The highest BCUT2D eigenvalue weighted by Gasteiger charge is 2.14. The van der Waals surface area contributed by atoms with Crippen LogP contribution in [0.3, 0.4) is 0 Å². The SMILES string of the molecule is CC(C)CNC(=O)C(C)Sc1ccc(C(=O)O)cc1. The van der Waals surface area contributed by atoms with E-state index in [1.807, 2.05) is 20.8 Å². The third-order valence-corrected chi connectivity index (χ3v) is 3.58. The van der Waals surface area contributed by atoms with E-state index in [9.17, 15) is 9.59 Å². The Morgan fingerprint density at radius 1 is 1.21 bits per heavy atom. The van der Waals surface area contributed by atoms with Gasteiger partial charge in [-0.1, -0.05) is 13.8 Å². The number of hydrogen-bond acceptors (Lipinski definition) is 3. The second-order valence-corrected chi connectivity index (χ2v) is 6.14. The average molecular weight is 281 g/mol. The van der Waals surface area contributed by atoms with Crippen LogP contribution in [-0.4, -0.2) is 28.8 Å². The highest BCUT2D eigenvalue weighted by atomic mass is 32.2. The number of amides is 1. The number of benzene rings is 1. The van der Waals surface area contributed by atoms with Crippen LogP contribution in [0.2, 0.25) is 0 Å². The first-order valence-corrected chi connectivity index (χ1v) is 7.06. The summed E-state index contributed by atoms with van der Waals surface area (Å²) in [6.45, 7) is 6.60. The van der Waals surface area contributed by atoms with Crippen LogP contribution in [0.4, 0.5) is 0 Å². The molecule has 0 radical (unpaired) electrons. The lowest BCUT2D eigenvalue weighted by molar-refractivity contribution is -0.120. The molecule has 0 bridgehead atoms. The van der Waals surface area contributed by atoms with Gasteiger partial charge in [-0.3, -0.25) is 4.79 Å². The molecule has 0 aliphatic carbocycles. The molecule has 1 aromatic carbocycles. The number of rotatable bonds is 6. The number of carbonyl (C=O) groups excluding carboxylic acids is 1. The Labute approximate surface area is 117 Å². The van der Waals surface area contributed by atoms with Gasteiger partial charge in [0.05, 0.1) is 10.8 Å². The van der Waals surface area contributed by atoms with Crippen molar-refractivity contribution < 1.29 is 14.7 Å². The predicted octanol–water partition coefficient (Wildman–Crippen LogP) is 2.64. The second-order valence-electron chi connectivity index (χ2n) is 4.73. The first-order chi connectivity index (χ1) is 8.90. The highest BCUT2D eigenvalue weighted by Crippen LogP contribution is 2.23. The van der Waals surface area contributed by atoms with Crippen molar-refractivity contribution in [3.8, 4) is 0 Å². The molecule has 4 nitrogen and oxygen atoms in total. The van der Waals surface area contributed by atoms with Gasteiger partial charge in [0.25, 0.3) is 0 Å². The van der Waals surface area contributed by atoms with Crippen LogP contribution in [0.5, 0.6) is 0 Å². The quantitative estimate of drug-likeness (QED) is 0.787. The zero-order valence-electron chi connectivity index (χ0n) is 11.3. The number of thioether (sulfide) groups is 1. The molecule has 0 aromatic heterocycles. The highest BCUT2D eigenvalue weighted by molar-refractivity contribution is 8.00. The van der Waals surface area contributed by atoms with Crippen molar-refractivity contribution >= 4 is 23.6 Å². The molecule has 2 N–H and O–H groups in total. The molecule has 0 spiro atoms. The van der Waals surface area contributed by atoms with Crippen LogP contribution in [0.1, 0.15) is 31.1 Å². The lowest BCUT2D eigenvalue weighted by Crippen LogP contribution is -2.33. The maximum Gasteiger partial charge on any atom is 0.335 e. The van der Waals surface area contributed by atoms with E-state index in [1.165, 1.54) is 11.8 Å². The van der Waals surface area contributed by atoms with Crippen molar-refractivity contribution in [1.29, 1.82) is 0 Å². The van der Waals surface area contributed by atoms with Gasteiger partial charge in [0.2, 0.25) is 5.91 Å². The van der Waals surface area contributed by atoms with Gasteiger partial charge in [-0.05, 0) is 37.1 Å². The third kappa shape index (κ3) is 5.34. The fourth-order valence-electron chi connectivity index (χ4n) is 1.38. The molecule has 0 aliphatic rings. The van der Waals surface area contributed by atoms with E-state index in [-0.39, 0.29) is 16.7 Å². The lowest BCUT2D eigenvalue weighted by Gasteiger charge is -2.13. The molecule has 1 atom stereocenters. The molecule has 5 heteroatoms. The summed E-state index contributed by atoms with van der Waals surface area (Å²) in [6, 6.07) is 6.54. The number of carboxylic acids is 1. The molecule has 0 fully saturated rings.